The van der Waals surface area contributed by atoms with Gasteiger partial charge < -0.3 is 4.74 Å². The number of aryl methyl sites for hydroxylation is 1. The maximum Gasteiger partial charge on any atom is 0.0594 e. The summed E-state index contributed by atoms with van der Waals surface area (Å²) in [5.74, 6) is 0. The average molecular weight is 223 g/mol. The Kier molecular flexibility index (Phi) is 2.77. The predicted octanol–water partition coefficient (Wildman–Crippen LogP) is 1.94. The van der Waals surface area contributed by atoms with Crippen molar-refractivity contribution in [2.75, 3.05) is 26.3 Å². The Morgan fingerprint density at radius 2 is 2.20 bits per heavy atom. The van der Waals surface area contributed by atoms with Crippen molar-refractivity contribution in [3.63, 3.8) is 0 Å². The molecule has 3 rings (SSSR count). The third kappa shape index (κ3) is 1.96. The summed E-state index contributed by atoms with van der Waals surface area (Å²) in [7, 11) is 0. The monoisotopic (exact) mass is 223 g/mol. The van der Waals surface area contributed by atoms with Crippen LogP contribution >= 0.6 is 11.3 Å². The number of nitrogens with zero attached hydrogens (tertiary/aromatic N) is 1. The molecule has 0 N–H and O–H groups in total. The molecule has 2 aliphatic rings. The molecule has 0 amide bonds. The van der Waals surface area contributed by atoms with Crippen molar-refractivity contribution in [1.82, 2.24) is 4.90 Å². The Balaban J connectivity index is 1.69. The minimum Gasteiger partial charge on any atom is -0.379 e. The number of hydrogen-bond donors (Lipinski definition) is 0. The molecule has 1 aliphatic heterocycles. The maximum atomic E-state index is 5.41. The molecule has 0 spiro atoms. The number of morpholine rings is 1. The quantitative estimate of drug-likeness (QED) is 0.721. The molecule has 0 radical (unpaired) electrons. The topological polar surface area (TPSA) is 12.5 Å². The molecule has 2 nitrogen and oxygen atoms in total. The van der Waals surface area contributed by atoms with Crippen molar-refractivity contribution in [2.24, 2.45) is 0 Å². The van der Waals surface area contributed by atoms with Crippen LogP contribution in [0, 0.1) is 0 Å². The van der Waals surface area contributed by atoms with Crippen LogP contribution in [0.2, 0.25) is 0 Å². The third-order valence-electron chi connectivity index (χ3n) is 3.57. The van der Waals surface area contributed by atoms with E-state index in [0.29, 0.717) is 0 Å². The first-order valence-electron chi connectivity index (χ1n) is 5.80. The van der Waals surface area contributed by atoms with Crippen molar-refractivity contribution < 1.29 is 4.74 Å². The first kappa shape index (κ1) is 9.82. The van der Waals surface area contributed by atoms with E-state index in [-0.39, 0.29) is 0 Å². The minimum atomic E-state index is 0.778. The molecule has 1 fully saturated rings. The standard InChI is InChI=1S/C12H17NOS/c1-2-11(13-4-6-14-7-5-13)9-12-10(1)3-8-15-12/h3,8,11H,1-2,4-7,9H2/t11-/m1/s1. The lowest BCUT2D eigenvalue weighted by atomic mass is 9.93. The van der Waals surface area contributed by atoms with Gasteiger partial charge in [0.25, 0.3) is 0 Å². The van der Waals surface area contributed by atoms with E-state index in [1.54, 1.807) is 10.4 Å². The van der Waals surface area contributed by atoms with Gasteiger partial charge in [-0.25, -0.2) is 0 Å². The first-order valence-corrected chi connectivity index (χ1v) is 6.68. The highest BCUT2D eigenvalue weighted by atomic mass is 32.1. The highest BCUT2D eigenvalue weighted by molar-refractivity contribution is 7.10. The summed E-state index contributed by atoms with van der Waals surface area (Å²) in [4.78, 5) is 4.24. The van der Waals surface area contributed by atoms with Crippen LogP contribution in [0.15, 0.2) is 11.4 Å². The number of fused-ring (bicyclic) bond motifs is 1. The maximum absolute atomic E-state index is 5.41. The molecule has 0 bridgehead atoms. The molecule has 82 valence electrons. The fourth-order valence-electron chi connectivity index (χ4n) is 2.66. The molecule has 15 heavy (non-hydrogen) atoms. The molecule has 3 heteroatoms. The number of hydrogen-bond acceptors (Lipinski definition) is 3. The van der Waals surface area contributed by atoms with E-state index in [1.807, 2.05) is 11.3 Å². The fraction of sp³-hybridized carbons (Fsp3) is 0.667. The number of thiophene rings is 1. The summed E-state index contributed by atoms with van der Waals surface area (Å²) in [5.41, 5.74) is 1.60. The summed E-state index contributed by atoms with van der Waals surface area (Å²) in [6.45, 7) is 4.11. The lowest BCUT2D eigenvalue weighted by molar-refractivity contribution is 0.0140. The largest absolute Gasteiger partial charge is 0.379 e. The normalized spacial score (nSPS) is 27.6. The van der Waals surface area contributed by atoms with E-state index in [1.165, 1.54) is 19.3 Å². The lowest BCUT2D eigenvalue weighted by Gasteiger charge is -2.36. The van der Waals surface area contributed by atoms with Crippen LogP contribution in [0.4, 0.5) is 0 Å². The predicted molar refractivity (Wildman–Crippen MR) is 62.5 cm³/mol. The van der Waals surface area contributed by atoms with Crippen molar-refractivity contribution in [3.05, 3.63) is 21.9 Å². The van der Waals surface area contributed by atoms with Crippen LogP contribution in [0.25, 0.3) is 0 Å². The van der Waals surface area contributed by atoms with E-state index in [0.717, 1.165) is 32.3 Å². The van der Waals surface area contributed by atoms with Gasteiger partial charge in [0.15, 0.2) is 0 Å². The van der Waals surface area contributed by atoms with Crippen LogP contribution in [-0.4, -0.2) is 37.2 Å². The van der Waals surface area contributed by atoms with Gasteiger partial charge in [-0.15, -0.1) is 11.3 Å². The zero-order chi connectivity index (χ0) is 10.1. The molecule has 1 atom stereocenters. The van der Waals surface area contributed by atoms with Crippen molar-refractivity contribution >= 4 is 11.3 Å². The molecular weight excluding hydrogens is 206 g/mol. The molecule has 1 aliphatic carbocycles. The van der Waals surface area contributed by atoms with Crippen molar-refractivity contribution in [1.29, 1.82) is 0 Å². The van der Waals surface area contributed by atoms with Crippen LogP contribution in [0.5, 0.6) is 0 Å². The second kappa shape index (κ2) is 4.24. The van der Waals surface area contributed by atoms with Crippen LogP contribution in [0.3, 0.4) is 0 Å². The van der Waals surface area contributed by atoms with Gasteiger partial charge in [0, 0.05) is 24.0 Å². The molecule has 0 unspecified atom stereocenters. The third-order valence-corrected chi connectivity index (χ3v) is 4.55. The lowest BCUT2D eigenvalue weighted by Crippen LogP contribution is -2.45. The van der Waals surface area contributed by atoms with Crippen LogP contribution in [-0.2, 0) is 17.6 Å². The Bertz CT molecular complexity index is 330. The van der Waals surface area contributed by atoms with Gasteiger partial charge in [-0.2, -0.15) is 0 Å². The second-order valence-electron chi connectivity index (χ2n) is 4.41. The van der Waals surface area contributed by atoms with Crippen molar-refractivity contribution in [2.45, 2.75) is 25.3 Å². The van der Waals surface area contributed by atoms with Crippen LogP contribution in [0.1, 0.15) is 16.9 Å². The van der Waals surface area contributed by atoms with Gasteiger partial charge in [0.1, 0.15) is 0 Å². The Hall–Kier alpha value is -0.380. The molecule has 0 saturated carbocycles. The van der Waals surface area contributed by atoms with E-state index in [9.17, 15) is 0 Å². The number of rotatable bonds is 1. The average Bonchev–Trinajstić information content (AvgIpc) is 2.77. The van der Waals surface area contributed by atoms with E-state index < -0.39 is 0 Å². The van der Waals surface area contributed by atoms with E-state index >= 15 is 0 Å². The summed E-state index contributed by atoms with van der Waals surface area (Å²) in [6.07, 6.45) is 3.89. The molecule has 0 aromatic carbocycles. The molecule has 1 saturated heterocycles. The molecule has 1 aromatic heterocycles. The highest BCUT2D eigenvalue weighted by Crippen LogP contribution is 2.28. The highest BCUT2D eigenvalue weighted by Gasteiger charge is 2.25. The number of ether oxygens (including phenoxy) is 1. The minimum absolute atomic E-state index is 0.778. The van der Waals surface area contributed by atoms with E-state index in [2.05, 4.69) is 16.3 Å². The Morgan fingerprint density at radius 3 is 3.07 bits per heavy atom. The first-order chi connectivity index (χ1) is 7.43. The summed E-state index contributed by atoms with van der Waals surface area (Å²) < 4.78 is 5.41. The smallest absolute Gasteiger partial charge is 0.0594 e. The second-order valence-corrected chi connectivity index (χ2v) is 5.41. The Morgan fingerprint density at radius 1 is 1.33 bits per heavy atom. The van der Waals surface area contributed by atoms with Gasteiger partial charge in [-0.05, 0) is 36.3 Å². The van der Waals surface area contributed by atoms with Gasteiger partial charge in [-0.1, -0.05) is 0 Å². The summed E-state index contributed by atoms with van der Waals surface area (Å²) in [6, 6.07) is 3.08. The Labute approximate surface area is 94.9 Å². The fourth-order valence-corrected chi connectivity index (χ4v) is 3.67. The molecule has 2 heterocycles. The SMILES string of the molecule is c1cc2c(s1)C[C@H](N1CCOCC1)CC2. The summed E-state index contributed by atoms with van der Waals surface area (Å²) >= 11 is 1.94. The van der Waals surface area contributed by atoms with Gasteiger partial charge >= 0.3 is 0 Å². The summed E-state index contributed by atoms with van der Waals surface area (Å²) in [5, 5.41) is 2.24. The zero-order valence-corrected chi connectivity index (χ0v) is 9.76. The van der Waals surface area contributed by atoms with Crippen LogP contribution < -0.4 is 0 Å². The van der Waals surface area contributed by atoms with Gasteiger partial charge in [0.2, 0.25) is 0 Å². The molecule has 1 aromatic rings. The van der Waals surface area contributed by atoms with E-state index in [4.69, 9.17) is 4.74 Å². The van der Waals surface area contributed by atoms with Gasteiger partial charge in [0.05, 0.1) is 13.2 Å². The van der Waals surface area contributed by atoms with Gasteiger partial charge in [-0.3, -0.25) is 4.90 Å². The van der Waals surface area contributed by atoms with Crippen molar-refractivity contribution in [3.8, 4) is 0 Å². The zero-order valence-electron chi connectivity index (χ0n) is 8.95. The molecular formula is C12H17NOS.